The Kier molecular flexibility index (Phi) is 18.0. The van der Waals surface area contributed by atoms with Crippen molar-refractivity contribution in [1.82, 2.24) is 5.01 Å². The number of amides is 1. The van der Waals surface area contributed by atoms with E-state index in [4.69, 9.17) is 0 Å². The van der Waals surface area contributed by atoms with Crippen LogP contribution in [0.15, 0.2) is 89.0 Å². The molecule has 0 N–H and O–H groups in total. The van der Waals surface area contributed by atoms with Gasteiger partial charge in [-0.25, -0.2) is 9.40 Å². The van der Waals surface area contributed by atoms with Crippen molar-refractivity contribution in [1.29, 1.82) is 0 Å². The van der Waals surface area contributed by atoms with Crippen LogP contribution in [0.2, 0.25) is 0 Å². The molecule has 0 bridgehead atoms. The Morgan fingerprint density at radius 3 is 1.89 bits per heavy atom. The van der Waals surface area contributed by atoms with E-state index in [1.54, 1.807) is 19.2 Å². The molecule has 7 heteroatoms. The summed E-state index contributed by atoms with van der Waals surface area (Å²) in [6.07, 6.45) is 2.49. The molecule has 0 heterocycles. The molecule has 0 saturated carbocycles. The Balaban J connectivity index is 0.00000213. The summed E-state index contributed by atoms with van der Waals surface area (Å²) in [5.74, 6) is -0.318. The quantitative estimate of drug-likeness (QED) is 0.127. The minimum atomic E-state index is -0.318. The van der Waals surface area contributed by atoms with Gasteiger partial charge in [-0.15, -0.1) is 0 Å². The first-order valence-corrected chi connectivity index (χ1v) is 12.1. The van der Waals surface area contributed by atoms with Crippen molar-refractivity contribution in [3.8, 4) is 0 Å². The first-order valence-electron chi connectivity index (χ1n) is 12.1. The van der Waals surface area contributed by atoms with E-state index >= 15 is 0 Å². The molecule has 3 aromatic rings. The van der Waals surface area contributed by atoms with Gasteiger partial charge >= 0.3 is 0 Å². The Morgan fingerprint density at radius 2 is 1.39 bits per heavy atom. The zero-order chi connectivity index (χ0) is 28.9. The average molecular weight is 526 g/mol. The highest BCUT2D eigenvalue weighted by Crippen LogP contribution is 2.27. The normalized spacial score (nSPS) is 11.1. The molecule has 3 aromatic carbocycles. The van der Waals surface area contributed by atoms with Crippen LogP contribution < -0.4 is 0 Å². The molecule has 0 aliphatic rings. The molecule has 1 amide bonds. The number of carbonyl (C=O) groups is 1. The largest absolute Gasteiger partial charge is 0.296 e. The molecule has 204 valence electrons. The predicted molar refractivity (Wildman–Crippen MR) is 155 cm³/mol. The van der Waals surface area contributed by atoms with Crippen molar-refractivity contribution in [3.63, 3.8) is 0 Å². The molecular formula is C31H38F3N3O. The topological polar surface area (TPSA) is 45.0 Å². The molecule has 0 fully saturated rings. The molecule has 0 atom stereocenters. The van der Waals surface area contributed by atoms with Crippen molar-refractivity contribution in [2.45, 2.75) is 34.2 Å². The summed E-state index contributed by atoms with van der Waals surface area (Å²) in [5.41, 5.74) is 6.39. The Bertz CT molecular complexity index is 1140. The van der Waals surface area contributed by atoms with Crippen LogP contribution in [0.4, 0.5) is 13.2 Å². The van der Waals surface area contributed by atoms with Crippen LogP contribution in [-0.2, 0) is 11.3 Å². The molecular weight excluding hydrogens is 487 g/mol. The number of benzene rings is 3. The predicted octanol–water partition coefficient (Wildman–Crippen LogP) is 7.98. The number of hydrogen-bond donors (Lipinski definition) is 0. The third kappa shape index (κ3) is 10.9. The Hall–Kier alpha value is -4.00. The molecule has 38 heavy (non-hydrogen) atoms. The zero-order valence-corrected chi connectivity index (χ0v) is 23.3. The fourth-order valence-corrected chi connectivity index (χ4v) is 3.43. The first kappa shape index (κ1) is 34.0. The van der Waals surface area contributed by atoms with E-state index < -0.39 is 0 Å². The number of halogens is 3. The smallest absolute Gasteiger partial charge is 0.230 e. The number of aliphatic imine (C=N–C) groups is 1. The fraction of sp³-hybridized carbons (Fsp3) is 0.258. The van der Waals surface area contributed by atoms with E-state index in [1.165, 1.54) is 22.7 Å². The van der Waals surface area contributed by atoms with Crippen molar-refractivity contribution in [3.05, 3.63) is 107 Å². The lowest BCUT2D eigenvalue weighted by molar-refractivity contribution is -0.118. The summed E-state index contributed by atoms with van der Waals surface area (Å²) in [7, 11) is 2.73. The van der Waals surface area contributed by atoms with E-state index in [0.29, 0.717) is 26.5 Å². The van der Waals surface area contributed by atoms with E-state index in [1.807, 2.05) is 64.2 Å². The van der Waals surface area contributed by atoms with Gasteiger partial charge in [-0.2, -0.15) is 5.10 Å². The third-order valence-electron chi connectivity index (χ3n) is 4.97. The van der Waals surface area contributed by atoms with Crippen molar-refractivity contribution >= 4 is 29.5 Å². The fourth-order valence-electron chi connectivity index (χ4n) is 3.43. The van der Waals surface area contributed by atoms with Crippen molar-refractivity contribution < 1.29 is 18.0 Å². The summed E-state index contributed by atoms with van der Waals surface area (Å²) in [5, 5.41) is 5.93. The summed E-state index contributed by atoms with van der Waals surface area (Å²) in [4.78, 5) is 16.1. The minimum Gasteiger partial charge on any atom is -0.296 e. The van der Waals surface area contributed by atoms with E-state index in [-0.39, 0.29) is 12.4 Å². The van der Waals surface area contributed by atoms with E-state index in [2.05, 4.69) is 34.4 Å². The number of carbonyl (C=O) groups excluding carboxylic acids is 1. The van der Waals surface area contributed by atoms with Gasteiger partial charge in [0.15, 0.2) is 0 Å². The number of allylic oxidation sites excluding steroid dienone is 2. The maximum absolute atomic E-state index is 13.2. The number of hydrogen-bond acceptors (Lipinski definition) is 3. The zero-order valence-electron chi connectivity index (χ0n) is 23.3. The second kappa shape index (κ2) is 20.1. The number of aryl methyl sites for hydroxylation is 1. The van der Waals surface area contributed by atoms with E-state index in [0.717, 1.165) is 27.8 Å². The molecule has 0 saturated heterocycles. The van der Waals surface area contributed by atoms with Gasteiger partial charge in [-0.1, -0.05) is 86.1 Å². The molecule has 0 unspecified atom stereocenters. The van der Waals surface area contributed by atoms with Crippen LogP contribution in [0, 0.1) is 12.7 Å². The minimum absolute atomic E-state index is 0.241. The third-order valence-corrected chi connectivity index (χ3v) is 4.97. The van der Waals surface area contributed by atoms with Crippen molar-refractivity contribution in [2.75, 3.05) is 21.4 Å². The van der Waals surface area contributed by atoms with Crippen LogP contribution in [-0.4, -0.2) is 44.7 Å². The number of hydrazone groups is 1. The van der Waals surface area contributed by atoms with Gasteiger partial charge < -0.3 is 0 Å². The first-order chi connectivity index (χ1) is 18.5. The molecule has 0 aliphatic carbocycles. The second-order valence-electron chi connectivity index (χ2n) is 7.42. The van der Waals surface area contributed by atoms with Gasteiger partial charge in [0.1, 0.15) is 5.82 Å². The summed E-state index contributed by atoms with van der Waals surface area (Å²) >= 11 is 0. The number of nitrogens with zero attached hydrogens (tertiary/aromatic N) is 3. The maximum Gasteiger partial charge on any atom is 0.230 e. The molecule has 3 rings (SSSR count). The van der Waals surface area contributed by atoms with Crippen LogP contribution in [0.5, 0.6) is 0 Å². The average Bonchev–Trinajstić information content (AvgIpc) is 2.98. The summed E-state index contributed by atoms with van der Waals surface area (Å²) < 4.78 is 32.2. The van der Waals surface area contributed by atoms with Crippen LogP contribution in [0.25, 0.3) is 11.1 Å². The lowest BCUT2D eigenvalue weighted by atomic mass is 9.92. The highest BCUT2D eigenvalue weighted by Gasteiger charge is 2.15. The maximum atomic E-state index is 13.2. The van der Waals surface area contributed by atoms with Gasteiger partial charge in [-0.3, -0.25) is 18.6 Å². The molecule has 4 nitrogen and oxygen atoms in total. The highest BCUT2D eigenvalue weighted by atomic mass is 19.1. The van der Waals surface area contributed by atoms with Gasteiger partial charge in [-0.05, 0) is 42.7 Å². The Labute approximate surface area is 225 Å². The monoisotopic (exact) mass is 525 g/mol. The Morgan fingerprint density at radius 1 is 0.842 bits per heavy atom. The lowest BCUT2D eigenvalue weighted by Gasteiger charge is -2.17. The summed E-state index contributed by atoms with van der Waals surface area (Å²) in [6.45, 7) is 8.16. The molecule has 0 radical (unpaired) electrons. The van der Waals surface area contributed by atoms with Gasteiger partial charge in [0.25, 0.3) is 0 Å². The number of rotatable bonds is 8. The second-order valence-corrected chi connectivity index (χ2v) is 7.42. The van der Waals surface area contributed by atoms with Gasteiger partial charge in [0, 0.05) is 24.4 Å². The molecule has 0 spiro atoms. The van der Waals surface area contributed by atoms with Crippen LogP contribution in [0.1, 0.15) is 43.0 Å². The highest BCUT2D eigenvalue weighted by molar-refractivity contribution is 6.37. The summed E-state index contributed by atoms with van der Waals surface area (Å²) in [6, 6.07) is 24.2. The lowest BCUT2D eigenvalue weighted by Crippen LogP contribution is -2.18. The SMILES string of the molecule is CC.CF.CF.CN=C/C(=C(\C(C)=N\N(C=O)Cc1ccc(F)cc1)c1ccccc1)c1ccc(C)cc1. The van der Waals surface area contributed by atoms with Crippen LogP contribution in [0.3, 0.4) is 0 Å². The number of alkyl halides is 2. The standard InChI is InChI=1S/C27H26FN3O.C2H6.2CH3F/c1-20-9-13-23(14-10-20)26(17-29-3)27(24-7-5-4-6-8-24)21(2)30-31(19-32)18-22-11-15-25(28)16-12-22;3*1-2/h4-17,19H,18H2,1-3H3;1-2H3;2*1H3/b27-26-,29-17?,30-21+;;;. The van der Waals surface area contributed by atoms with Gasteiger partial charge in [0.05, 0.1) is 26.6 Å². The molecule has 0 aliphatic heterocycles. The van der Waals surface area contributed by atoms with Crippen LogP contribution >= 0.6 is 0 Å². The molecule has 0 aromatic heterocycles. The van der Waals surface area contributed by atoms with E-state index in [9.17, 15) is 18.0 Å². The van der Waals surface area contributed by atoms with Crippen molar-refractivity contribution in [2.24, 2.45) is 10.1 Å². The van der Waals surface area contributed by atoms with Gasteiger partial charge in [0.2, 0.25) is 6.41 Å².